The van der Waals surface area contributed by atoms with E-state index in [4.69, 9.17) is 19.4 Å². The molecule has 198 valence electrons. The average Bonchev–Trinajstić information content (AvgIpc) is 3.66. The Morgan fingerprint density at radius 3 is 2.82 bits per heavy atom. The Labute approximate surface area is 219 Å². The van der Waals surface area contributed by atoms with Gasteiger partial charge in [0.05, 0.1) is 36.0 Å². The van der Waals surface area contributed by atoms with E-state index in [1.807, 2.05) is 4.68 Å². The summed E-state index contributed by atoms with van der Waals surface area (Å²) < 4.78 is 43.9. The van der Waals surface area contributed by atoms with Gasteiger partial charge in [-0.25, -0.2) is 14.5 Å². The summed E-state index contributed by atoms with van der Waals surface area (Å²) in [5.74, 6) is 3.46. The van der Waals surface area contributed by atoms with Gasteiger partial charge in [-0.15, -0.1) is 11.3 Å². The first-order valence-electron chi connectivity index (χ1n) is 11.2. The van der Waals surface area contributed by atoms with Crippen molar-refractivity contribution in [2.45, 2.75) is 19.1 Å². The van der Waals surface area contributed by atoms with E-state index in [1.165, 1.54) is 22.3 Å². The predicted molar refractivity (Wildman–Crippen MR) is 133 cm³/mol. The van der Waals surface area contributed by atoms with Gasteiger partial charge in [0.15, 0.2) is 0 Å². The van der Waals surface area contributed by atoms with E-state index in [0.717, 1.165) is 28.2 Å². The van der Waals surface area contributed by atoms with Gasteiger partial charge in [-0.2, -0.15) is 23.4 Å². The molecule has 3 heterocycles. The second-order valence-electron chi connectivity index (χ2n) is 8.04. The lowest BCUT2D eigenvalue weighted by atomic mass is 10.1. The number of halogens is 3. The average molecular weight is 546 g/mol. The van der Waals surface area contributed by atoms with Crippen LogP contribution < -0.4 is 0 Å². The molecule has 0 spiro atoms. The maximum Gasteiger partial charge on any atom is 0.490 e. The van der Waals surface area contributed by atoms with Crippen LogP contribution in [0.3, 0.4) is 0 Å². The Morgan fingerprint density at radius 2 is 2.11 bits per heavy atom. The van der Waals surface area contributed by atoms with Crippen LogP contribution in [0.25, 0.3) is 22.5 Å². The van der Waals surface area contributed by atoms with Gasteiger partial charge in [-0.1, -0.05) is 24.0 Å². The molecule has 0 bridgehead atoms. The first kappa shape index (κ1) is 27.1. The number of thiophene rings is 1. The standard InChI is InChI=1S/C23H21N5O2S.C2HF3O2/c1-29-7-8-30-6-2-3-19-10-18(13-31-19)22-21-11-17-5-4-16(12-28-15-24-14-25-28)9-20(17)23(21)27-26-22;3-2(4,5)1(6)7/h4-5,9-10,13-15H,6-8,11-12H2,1H3,(H,26,27);(H,6,7). The van der Waals surface area contributed by atoms with Gasteiger partial charge in [0.25, 0.3) is 0 Å². The molecule has 1 aromatic carbocycles. The number of carboxylic acids is 1. The molecule has 1 aliphatic carbocycles. The fourth-order valence-electron chi connectivity index (χ4n) is 3.71. The zero-order chi connectivity index (χ0) is 27.1. The molecule has 0 amide bonds. The molecule has 1 aliphatic rings. The van der Waals surface area contributed by atoms with E-state index in [2.05, 4.69) is 61.8 Å². The lowest BCUT2D eigenvalue weighted by Gasteiger charge is -2.05. The van der Waals surface area contributed by atoms with E-state index < -0.39 is 12.1 Å². The summed E-state index contributed by atoms with van der Waals surface area (Å²) in [7, 11) is 1.66. The van der Waals surface area contributed by atoms with Crippen LogP contribution in [0.4, 0.5) is 13.2 Å². The molecule has 0 saturated heterocycles. The van der Waals surface area contributed by atoms with Gasteiger partial charge < -0.3 is 14.6 Å². The number of nitrogens with one attached hydrogen (secondary N) is 1. The molecule has 0 saturated carbocycles. The van der Waals surface area contributed by atoms with Crippen LogP contribution in [0, 0.1) is 11.8 Å². The number of fused-ring (bicyclic) bond motifs is 3. The Kier molecular flexibility index (Phi) is 8.57. The Bertz CT molecular complexity index is 1450. The number of aromatic nitrogens is 5. The molecule has 0 fully saturated rings. The molecular formula is C25H22F3N5O4S. The van der Waals surface area contributed by atoms with E-state index >= 15 is 0 Å². The molecule has 0 atom stereocenters. The van der Waals surface area contributed by atoms with Crippen molar-refractivity contribution in [3.8, 4) is 34.4 Å². The molecule has 0 unspecified atom stereocenters. The third-order valence-electron chi connectivity index (χ3n) is 5.42. The summed E-state index contributed by atoms with van der Waals surface area (Å²) >= 11 is 1.63. The van der Waals surface area contributed by atoms with Crippen molar-refractivity contribution >= 4 is 17.3 Å². The van der Waals surface area contributed by atoms with Gasteiger partial charge in [0.1, 0.15) is 19.3 Å². The number of carboxylic acid groups (broad SMARTS) is 1. The third-order valence-corrected chi connectivity index (χ3v) is 6.27. The number of ether oxygens (including phenoxy) is 2. The second kappa shape index (κ2) is 12.0. The van der Waals surface area contributed by atoms with Gasteiger partial charge in [0, 0.05) is 35.6 Å². The number of carbonyl (C=O) groups is 1. The number of aromatic amines is 1. The number of alkyl halides is 3. The molecular weight excluding hydrogens is 523 g/mol. The fraction of sp³-hybridized carbons (Fsp3) is 0.280. The maximum atomic E-state index is 10.6. The van der Waals surface area contributed by atoms with E-state index in [0.29, 0.717) is 26.4 Å². The highest BCUT2D eigenvalue weighted by Gasteiger charge is 2.38. The van der Waals surface area contributed by atoms with Crippen molar-refractivity contribution in [3.63, 3.8) is 0 Å². The van der Waals surface area contributed by atoms with Crippen molar-refractivity contribution in [1.29, 1.82) is 0 Å². The third kappa shape index (κ3) is 6.65. The van der Waals surface area contributed by atoms with Crippen LogP contribution in [-0.2, 0) is 27.2 Å². The molecule has 2 N–H and O–H groups in total. The summed E-state index contributed by atoms with van der Waals surface area (Å²) in [6.45, 7) is 2.24. The Hall–Kier alpha value is -3.99. The highest BCUT2D eigenvalue weighted by Crippen LogP contribution is 2.41. The number of methoxy groups -OCH3 is 1. The van der Waals surface area contributed by atoms with E-state index in [9.17, 15) is 13.2 Å². The molecule has 0 radical (unpaired) electrons. The predicted octanol–water partition coefficient (Wildman–Crippen LogP) is 4.00. The maximum absolute atomic E-state index is 10.6. The summed E-state index contributed by atoms with van der Waals surface area (Å²) in [6, 6.07) is 8.68. The van der Waals surface area contributed by atoms with Crippen molar-refractivity contribution in [3.05, 3.63) is 63.9 Å². The van der Waals surface area contributed by atoms with Gasteiger partial charge in [-0.3, -0.25) is 5.10 Å². The van der Waals surface area contributed by atoms with Crippen molar-refractivity contribution in [2.75, 3.05) is 26.9 Å². The van der Waals surface area contributed by atoms with Crippen LogP contribution in [0.15, 0.2) is 42.3 Å². The monoisotopic (exact) mass is 545 g/mol. The lowest BCUT2D eigenvalue weighted by Crippen LogP contribution is -2.21. The minimum absolute atomic E-state index is 0.403. The van der Waals surface area contributed by atoms with Crippen LogP contribution in [0.1, 0.15) is 21.6 Å². The largest absolute Gasteiger partial charge is 0.490 e. The Balaban J connectivity index is 0.000000426. The molecule has 3 aromatic heterocycles. The summed E-state index contributed by atoms with van der Waals surface area (Å²) in [5, 5.41) is 21.3. The van der Waals surface area contributed by atoms with Crippen LogP contribution >= 0.6 is 11.3 Å². The number of rotatable bonds is 7. The quantitative estimate of drug-likeness (QED) is 0.235. The molecule has 0 aliphatic heterocycles. The van der Waals surface area contributed by atoms with E-state index in [-0.39, 0.29) is 0 Å². The number of hydrogen-bond acceptors (Lipinski definition) is 7. The number of hydrogen-bond donors (Lipinski definition) is 2. The first-order valence-corrected chi connectivity index (χ1v) is 12.1. The normalized spacial score (nSPS) is 11.7. The number of benzene rings is 1. The number of aliphatic carboxylic acids is 1. The molecule has 4 aromatic rings. The zero-order valence-electron chi connectivity index (χ0n) is 20.1. The lowest BCUT2D eigenvalue weighted by molar-refractivity contribution is -0.192. The topological polar surface area (TPSA) is 115 Å². The summed E-state index contributed by atoms with van der Waals surface area (Å²) in [5.41, 5.74) is 8.18. The van der Waals surface area contributed by atoms with Crippen LogP contribution in [-0.4, -0.2) is 69.1 Å². The fourth-order valence-corrected chi connectivity index (χ4v) is 4.47. The minimum Gasteiger partial charge on any atom is -0.475 e. The zero-order valence-corrected chi connectivity index (χ0v) is 20.9. The first-order chi connectivity index (χ1) is 18.3. The summed E-state index contributed by atoms with van der Waals surface area (Å²) in [6.07, 6.45) is -0.916. The molecule has 13 heteroatoms. The molecule has 9 nitrogen and oxygen atoms in total. The highest BCUT2D eigenvalue weighted by molar-refractivity contribution is 7.11. The second-order valence-corrected chi connectivity index (χ2v) is 8.95. The van der Waals surface area contributed by atoms with Crippen molar-refractivity contribution < 1.29 is 32.5 Å². The van der Waals surface area contributed by atoms with Crippen molar-refractivity contribution in [1.82, 2.24) is 25.0 Å². The number of H-pyrrole nitrogens is 1. The SMILES string of the molecule is COCCOCC#Cc1cc(-c2n[nH]c3c2Cc2ccc(Cn4cncn4)cc2-3)cs1.O=C(O)C(F)(F)F. The van der Waals surface area contributed by atoms with Gasteiger partial charge in [-0.05, 0) is 23.3 Å². The smallest absolute Gasteiger partial charge is 0.475 e. The van der Waals surface area contributed by atoms with Gasteiger partial charge >= 0.3 is 12.1 Å². The molecule has 5 rings (SSSR count). The number of nitrogens with zero attached hydrogens (tertiary/aromatic N) is 4. The highest BCUT2D eigenvalue weighted by atomic mass is 32.1. The summed E-state index contributed by atoms with van der Waals surface area (Å²) in [4.78, 5) is 13.9. The van der Waals surface area contributed by atoms with Crippen LogP contribution in [0.2, 0.25) is 0 Å². The van der Waals surface area contributed by atoms with Crippen molar-refractivity contribution in [2.24, 2.45) is 0 Å². The minimum atomic E-state index is -5.08. The molecule has 38 heavy (non-hydrogen) atoms. The Morgan fingerprint density at radius 1 is 1.29 bits per heavy atom. The van der Waals surface area contributed by atoms with E-state index in [1.54, 1.807) is 31.1 Å². The van der Waals surface area contributed by atoms with Crippen LogP contribution in [0.5, 0.6) is 0 Å². The van der Waals surface area contributed by atoms with Gasteiger partial charge in [0.2, 0.25) is 0 Å².